The summed E-state index contributed by atoms with van der Waals surface area (Å²) >= 11 is 1.48. The number of rotatable bonds is 3. The molecule has 1 aliphatic heterocycles. The SMILES string of the molecule is CCc1csc(NC(=O)[C@H]2CCN2)n1. The Morgan fingerprint density at radius 3 is 3.14 bits per heavy atom. The van der Waals surface area contributed by atoms with Crippen LogP contribution in [-0.2, 0) is 11.2 Å². The molecular formula is C9H13N3OS. The number of aryl methyl sites for hydroxylation is 1. The molecule has 0 spiro atoms. The average molecular weight is 211 g/mol. The normalized spacial score (nSPS) is 20.2. The Morgan fingerprint density at radius 2 is 2.64 bits per heavy atom. The van der Waals surface area contributed by atoms with Crippen LogP contribution in [0.25, 0.3) is 0 Å². The van der Waals surface area contributed by atoms with Gasteiger partial charge in [0, 0.05) is 5.38 Å². The zero-order valence-electron chi connectivity index (χ0n) is 8.04. The van der Waals surface area contributed by atoms with Gasteiger partial charge in [0.05, 0.1) is 11.7 Å². The zero-order valence-corrected chi connectivity index (χ0v) is 8.86. The molecule has 4 nitrogen and oxygen atoms in total. The number of carbonyl (C=O) groups is 1. The van der Waals surface area contributed by atoms with E-state index in [9.17, 15) is 4.79 Å². The summed E-state index contributed by atoms with van der Waals surface area (Å²) < 4.78 is 0. The molecule has 1 aromatic heterocycles. The third kappa shape index (κ3) is 1.93. The summed E-state index contributed by atoms with van der Waals surface area (Å²) in [6.45, 7) is 2.99. The first kappa shape index (κ1) is 9.61. The number of anilines is 1. The van der Waals surface area contributed by atoms with E-state index in [-0.39, 0.29) is 11.9 Å². The van der Waals surface area contributed by atoms with Gasteiger partial charge in [-0.1, -0.05) is 6.92 Å². The maximum Gasteiger partial charge on any atom is 0.243 e. The Labute approximate surface area is 86.7 Å². The molecule has 2 heterocycles. The van der Waals surface area contributed by atoms with Crippen molar-refractivity contribution in [3.63, 3.8) is 0 Å². The van der Waals surface area contributed by atoms with E-state index in [1.165, 1.54) is 11.3 Å². The van der Waals surface area contributed by atoms with E-state index in [1.54, 1.807) is 0 Å². The van der Waals surface area contributed by atoms with Crippen molar-refractivity contribution in [2.75, 3.05) is 11.9 Å². The van der Waals surface area contributed by atoms with Crippen LogP contribution in [0, 0.1) is 0 Å². The number of carbonyl (C=O) groups excluding carboxylic acids is 1. The second-order valence-electron chi connectivity index (χ2n) is 3.28. The summed E-state index contributed by atoms with van der Waals surface area (Å²) in [6, 6.07) is -0.0102. The van der Waals surface area contributed by atoms with E-state index in [2.05, 4.69) is 15.6 Å². The molecule has 1 aliphatic rings. The lowest BCUT2D eigenvalue weighted by Crippen LogP contribution is -2.50. The molecule has 0 unspecified atom stereocenters. The van der Waals surface area contributed by atoms with Gasteiger partial charge < -0.3 is 10.6 Å². The quantitative estimate of drug-likeness (QED) is 0.784. The van der Waals surface area contributed by atoms with Crippen molar-refractivity contribution in [2.24, 2.45) is 0 Å². The van der Waals surface area contributed by atoms with E-state index < -0.39 is 0 Å². The van der Waals surface area contributed by atoms with Gasteiger partial charge in [-0.2, -0.15) is 0 Å². The number of aromatic nitrogens is 1. The number of nitrogens with zero attached hydrogens (tertiary/aromatic N) is 1. The average Bonchev–Trinajstić information content (AvgIpc) is 2.48. The topological polar surface area (TPSA) is 54.0 Å². The molecule has 0 radical (unpaired) electrons. The van der Waals surface area contributed by atoms with Crippen molar-refractivity contribution >= 4 is 22.4 Å². The highest BCUT2D eigenvalue weighted by Gasteiger charge is 2.24. The molecule has 2 rings (SSSR count). The van der Waals surface area contributed by atoms with Crippen molar-refractivity contribution in [3.05, 3.63) is 11.1 Å². The van der Waals surface area contributed by atoms with Gasteiger partial charge in [-0.05, 0) is 19.4 Å². The second-order valence-corrected chi connectivity index (χ2v) is 4.14. The lowest BCUT2D eigenvalue weighted by molar-refractivity contribution is -0.119. The first-order valence-electron chi connectivity index (χ1n) is 4.78. The molecule has 1 aromatic rings. The fourth-order valence-electron chi connectivity index (χ4n) is 1.23. The summed E-state index contributed by atoms with van der Waals surface area (Å²) in [5.41, 5.74) is 1.03. The fraction of sp³-hybridized carbons (Fsp3) is 0.556. The standard InChI is InChI=1S/C9H13N3OS/c1-2-6-5-14-9(11-6)12-8(13)7-3-4-10-7/h5,7,10H,2-4H2,1H3,(H,11,12,13)/t7-/m1/s1. The Morgan fingerprint density at radius 1 is 1.86 bits per heavy atom. The fourth-order valence-corrected chi connectivity index (χ4v) is 2.03. The zero-order chi connectivity index (χ0) is 9.97. The Balaban J connectivity index is 1.92. The molecule has 2 N–H and O–H groups in total. The van der Waals surface area contributed by atoms with Gasteiger partial charge in [0.1, 0.15) is 0 Å². The number of nitrogens with one attached hydrogen (secondary N) is 2. The molecule has 1 fully saturated rings. The highest BCUT2D eigenvalue weighted by Crippen LogP contribution is 2.16. The number of amides is 1. The van der Waals surface area contributed by atoms with Crippen LogP contribution in [0.2, 0.25) is 0 Å². The van der Waals surface area contributed by atoms with Gasteiger partial charge in [-0.25, -0.2) is 4.98 Å². The minimum absolute atomic E-state index is 0.0102. The molecule has 5 heteroatoms. The molecular weight excluding hydrogens is 198 g/mol. The van der Waals surface area contributed by atoms with Crippen LogP contribution in [0.3, 0.4) is 0 Å². The third-order valence-corrected chi connectivity index (χ3v) is 3.09. The molecule has 14 heavy (non-hydrogen) atoms. The lowest BCUT2D eigenvalue weighted by Gasteiger charge is -2.25. The van der Waals surface area contributed by atoms with Crippen LogP contribution in [0.1, 0.15) is 19.0 Å². The van der Waals surface area contributed by atoms with Crippen LogP contribution in [0.4, 0.5) is 5.13 Å². The highest BCUT2D eigenvalue weighted by atomic mass is 32.1. The van der Waals surface area contributed by atoms with Crippen molar-refractivity contribution in [2.45, 2.75) is 25.8 Å². The number of hydrogen-bond donors (Lipinski definition) is 2. The largest absolute Gasteiger partial charge is 0.306 e. The van der Waals surface area contributed by atoms with E-state index >= 15 is 0 Å². The molecule has 76 valence electrons. The first-order valence-corrected chi connectivity index (χ1v) is 5.66. The van der Waals surface area contributed by atoms with E-state index in [0.717, 1.165) is 25.1 Å². The van der Waals surface area contributed by atoms with E-state index in [1.807, 2.05) is 12.3 Å². The van der Waals surface area contributed by atoms with Crippen LogP contribution in [0.15, 0.2) is 5.38 Å². The smallest absolute Gasteiger partial charge is 0.243 e. The van der Waals surface area contributed by atoms with Gasteiger partial charge in [0.15, 0.2) is 5.13 Å². The Bertz CT molecular complexity index is 333. The second kappa shape index (κ2) is 4.06. The summed E-state index contributed by atoms with van der Waals surface area (Å²) in [5.74, 6) is 0.0354. The highest BCUT2D eigenvalue weighted by molar-refractivity contribution is 7.13. The van der Waals surface area contributed by atoms with Gasteiger partial charge in [-0.3, -0.25) is 4.79 Å². The first-order chi connectivity index (χ1) is 6.79. The molecule has 1 atom stereocenters. The Kier molecular flexibility index (Phi) is 2.79. The maximum atomic E-state index is 11.5. The monoisotopic (exact) mass is 211 g/mol. The molecule has 0 saturated carbocycles. The minimum atomic E-state index is -0.0102. The number of hydrogen-bond acceptors (Lipinski definition) is 4. The van der Waals surface area contributed by atoms with Crippen LogP contribution < -0.4 is 10.6 Å². The Hall–Kier alpha value is -0.940. The third-order valence-electron chi connectivity index (χ3n) is 2.28. The van der Waals surface area contributed by atoms with Gasteiger partial charge >= 0.3 is 0 Å². The molecule has 0 aromatic carbocycles. The molecule has 1 amide bonds. The summed E-state index contributed by atoms with van der Waals surface area (Å²) in [4.78, 5) is 15.8. The van der Waals surface area contributed by atoms with Gasteiger partial charge in [0.25, 0.3) is 0 Å². The van der Waals surface area contributed by atoms with E-state index in [4.69, 9.17) is 0 Å². The van der Waals surface area contributed by atoms with Crippen molar-refractivity contribution in [1.29, 1.82) is 0 Å². The molecule has 0 aliphatic carbocycles. The van der Waals surface area contributed by atoms with Gasteiger partial charge in [-0.15, -0.1) is 11.3 Å². The summed E-state index contributed by atoms with van der Waals surface area (Å²) in [7, 11) is 0. The minimum Gasteiger partial charge on any atom is -0.306 e. The summed E-state index contributed by atoms with van der Waals surface area (Å²) in [5, 5.41) is 8.54. The number of thiazole rings is 1. The van der Waals surface area contributed by atoms with Crippen LogP contribution >= 0.6 is 11.3 Å². The predicted molar refractivity (Wildman–Crippen MR) is 56.5 cm³/mol. The molecule has 1 saturated heterocycles. The van der Waals surface area contributed by atoms with Crippen molar-refractivity contribution < 1.29 is 4.79 Å². The predicted octanol–water partition coefficient (Wildman–Crippen LogP) is 1.01. The lowest BCUT2D eigenvalue weighted by atomic mass is 10.1. The van der Waals surface area contributed by atoms with E-state index in [0.29, 0.717) is 5.13 Å². The van der Waals surface area contributed by atoms with Crippen molar-refractivity contribution in [1.82, 2.24) is 10.3 Å². The molecule has 0 bridgehead atoms. The van der Waals surface area contributed by atoms with Crippen LogP contribution in [-0.4, -0.2) is 23.5 Å². The maximum absolute atomic E-state index is 11.5. The van der Waals surface area contributed by atoms with Crippen LogP contribution in [0.5, 0.6) is 0 Å². The summed E-state index contributed by atoms with van der Waals surface area (Å²) in [6.07, 6.45) is 1.84. The van der Waals surface area contributed by atoms with Crippen molar-refractivity contribution in [3.8, 4) is 0 Å². The van der Waals surface area contributed by atoms with Gasteiger partial charge in [0.2, 0.25) is 5.91 Å².